The van der Waals surface area contributed by atoms with E-state index >= 15 is 0 Å². The molecular formula is C14H14BrNO2S. The Morgan fingerprint density at radius 1 is 1.42 bits per heavy atom. The van der Waals surface area contributed by atoms with Crippen LogP contribution in [0.1, 0.15) is 15.9 Å². The van der Waals surface area contributed by atoms with Crippen molar-refractivity contribution in [1.29, 1.82) is 0 Å². The number of benzene rings is 1. The molecule has 3 nitrogen and oxygen atoms in total. The maximum atomic E-state index is 11.7. The Morgan fingerprint density at radius 2 is 2.16 bits per heavy atom. The highest BCUT2D eigenvalue weighted by Gasteiger charge is 2.14. The molecule has 19 heavy (non-hydrogen) atoms. The van der Waals surface area contributed by atoms with Crippen LogP contribution in [0.5, 0.6) is 0 Å². The molecular weight excluding hydrogens is 326 g/mol. The molecule has 2 aromatic rings. The topological polar surface area (TPSA) is 29.5 Å². The Balaban J connectivity index is 2.23. The third kappa shape index (κ3) is 3.36. The van der Waals surface area contributed by atoms with E-state index in [0.29, 0.717) is 5.56 Å². The van der Waals surface area contributed by atoms with Gasteiger partial charge in [-0.05, 0) is 45.1 Å². The molecule has 5 heteroatoms. The molecule has 1 aromatic heterocycles. The molecule has 0 saturated carbocycles. The third-order valence-electron chi connectivity index (χ3n) is 2.76. The first-order valence-electron chi connectivity index (χ1n) is 5.73. The highest BCUT2D eigenvalue weighted by molar-refractivity contribution is 9.11. The number of esters is 1. The number of methoxy groups -OCH3 is 1. The van der Waals surface area contributed by atoms with Crippen LogP contribution in [0.25, 0.3) is 0 Å². The van der Waals surface area contributed by atoms with E-state index in [2.05, 4.69) is 27.4 Å². The molecule has 2 rings (SSSR count). The van der Waals surface area contributed by atoms with Gasteiger partial charge in [-0.25, -0.2) is 4.79 Å². The lowest BCUT2D eigenvalue weighted by molar-refractivity contribution is 0.0601. The van der Waals surface area contributed by atoms with E-state index in [9.17, 15) is 4.79 Å². The summed E-state index contributed by atoms with van der Waals surface area (Å²) in [7, 11) is 3.36. The molecule has 1 aromatic carbocycles. The van der Waals surface area contributed by atoms with Crippen molar-refractivity contribution in [2.45, 2.75) is 6.54 Å². The molecule has 0 fully saturated rings. The van der Waals surface area contributed by atoms with E-state index in [4.69, 9.17) is 4.74 Å². The summed E-state index contributed by atoms with van der Waals surface area (Å²) in [6, 6.07) is 9.55. The zero-order valence-electron chi connectivity index (χ0n) is 10.7. The SMILES string of the molecule is COC(=O)c1ccccc1N(C)Cc1csc(Br)c1. The number of carbonyl (C=O) groups excluding carboxylic acids is 1. The minimum Gasteiger partial charge on any atom is -0.465 e. The molecule has 0 amide bonds. The lowest BCUT2D eigenvalue weighted by Crippen LogP contribution is -2.19. The molecule has 0 N–H and O–H groups in total. The third-order valence-corrected chi connectivity index (χ3v) is 4.32. The highest BCUT2D eigenvalue weighted by Crippen LogP contribution is 2.25. The summed E-state index contributed by atoms with van der Waals surface area (Å²) in [6.07, 6.45) is 0. The van der Waals surface area contributed by atoms with Gasteiger partial charge in [-0.1, -0.05) is 12.1 Å². The molecule has 1 heterocycles. The van der Waals surface area contributed by atoms with Gasteiger partial charge in [0, 0.05) is 13.6 Å². The number of nitrogens with zero attached hydrogens (tertiary/aromatic N) is 1. The lowest BCUT2D eigenvalue weighted by atomic mass is 10.1. The molecule has 0 atom stereocenters. The summed E-state index contributed by atoms with van der Waals surface area (Å²) >= 11 is 5.11. The lowest BCUT2D eigenvalue weighted by Gasteiger charge is -2.21. The van der Waals surface area contributed by atoms with Crippen LogP contribution in [0.2, 0.25) is 0 Å². The standard InChI is InChI=1S/C14H14BrNO2S/c1-16(8-10-7-13(15)19-9-10)12-6-4-3-5-11(12)14(17)18-2/h3-7,9H,8H2,1-2H3. The second-order valence-electron chi connectivity index (χ2n) is 4.12. The molecule has 100 valence electrons. The highest BCUT2D eigenvalue weighted by atomic mass is 79.9. The van der Waals surface area contributed by atoms with Crippen molar-refractivity contribution < 1.29 is 9.53 Å². The minimum atomic E-state index is -0.311. The van der Waals surface area contributed by atoms with Gasteiger partial charge >= 0.3 is 5.97 Å². The Morgan fingerprint density at radius 3 is 2.79 bits per heavy atom. The average Bonchev–Trinajstić information content (AvgIpc) is 2.83. The summed E-state index contributed by atoms with van der Waals surface area (Å²) in [6.45, 7) is 0.746. The second-order valence-corrected chi connectivity index (χ2v) is 6.41. The number of carbonyl (C=O) groups is 1. The van der Waals surface area contributed by atoms with Crippen LogP contribution in [-0.4, -0.2) is 20.1 Å². The van der Waals surface area contributed by atoms with Gasteiger partial charge in [0.1, 0.15) is 0 Å². The molecule has 0 saturated heterocycles. The predicted octanol–water partition coefficient (Wildman–Crippen LogP) is 3.93. The largest absolute Gasteiger partial charge is 0.465 e. The van der Waals surface area contributed by atoms with Gasteiger partial charge in [-0.2, -0.15) is 0 Å². The van der Waals surface area contributed by atoms with Crippen molar-refractivity contribution >= 4 is 38.9 Å². The van der Waals surface area contributed by atoms with Crippen LogP contribution in [0.4, 0.5) is 5.69 Å². The summed E-state index contributed by atoms with van der Waals surface area (Å²) in [5, 5.41) is 2.10. The van der Waals surface area contributed by atoms with Gasteiger partial charge < -0.3 is 9.64 Å². The van der Waals surface area contributed by atoms with Crippen molar-refractivity contribution in [3.8, 4) is 0 Å². The number of halogens is 1. The van der Waals surface area contributed by atoms with E-state index in [1.807, 2.05) is 30.1 Å². The first kappa shape index (κ1) is 14.1. The van der Waals surface area contributed by atoms with Gasteiger partial charge in [0.25, 0.3) is 0 Å². The summed E-state index contributed by atoms with van der Waals surface area (Å²) in [5.41, 5.74) is 2.66. The maximum absolute atomic E-state index is 11.7. The number of anilines is 1. The normalized spacial score (nSPS) is 10.3. The summed E-state index contributed by atoms with van der Waals surface area (Å²) in [5.74, 6) is -0.311. The van der Waals surface area contributed by atoms with Crippen molar-refractivity contribution in [3.63, 3.8) is 0 Å². The van der Waals surface area contributed by atoms with E-state index in [1.54, 1.807) is 17.4 Å². The van der Waals surface area contributed by atoms with Gasteiger partial charge in [0.2, 0.25) is 0 Å². The molecule has 0 unspecified atom stereocenters. The van der Waals surface area contributed by atoms with Crippen LogP contribution >= 0.6 is 27.3 Å². The zero-order chi connectivity index (χ0) is 13.8. The Labute approximate surface area is 124 Å². The van der Waals surface area contributed by atoms with Gasteiger partial charge in [-0.3, -0.25) is 0 Å². The molecule has 0 aliphatic rings. The Bertz CT molecular complexity index is 582. The van der Waals surface area contributed by atoms with Crippen LogP contribution in [-0.2, 0) is 11.3 Å². The molecule has 0 spiro atoms. The van der Waals surface area contributed by atoms with E-state index in [-0.39, 0.29) is 5.97 Å². The van der Waals surface area contributed by atoms with E-state index in [1.165, 1.54) is 12.7 Å². The fraction of sp³-hybridized carbons (Fsp3) is 0.214. The fourth-order valence-corrected chi connectivity index (χ4v) is 3.08. The number of rotatable bonds is 4. The maximum Gasteiger partial charge on any atom is 0.339 e. The van der Waals surface area contributed by atoms with Gasteiger partial charge in [0.05, 0.1) is 22.1 Å². The second kappa shape index (κ2) is 6.21. The Hall–Kier alpha value is -1.33. The summed E-state index contributed by atoms with van der Waals surface area (Å²) < 4.78 is 5.92. The fourth-order valence-electron chi connectivity index (χ4n) is 1.88. The van der Waals surface area contributed by atoms with Crippen molar-refractivity contribution in [2.75, 3.05) is 19.1 Å². The monoisotopic (exact) mass is 339 g/mol. The van der Waals surface area contributed by atoms with E-state index in [0.717, 1.165) is 16.0 Å². The number of hydrogen-bond donors (Lipinski definition) is 0. The van der Waals surface area contributed by atoms with E-state index < -0.39 is 0 Å². The van der Waals surface area contributed by atoms with Crippen molar-refractivity contribution in [3.05, 3.63) is 50.6 Å². The summed E-state index contributed by atoms with van der Waals surface area (Å²) in [4.78, 5) is 13.8. The zero-order valence-corrected chi connectivity index (χ0v) is 13.1. The Kier molecular flexibility index (Phi) is 4.61. The van der Waals surface area contributed by atoms with Crippen LogP contribution < -0.4 is 4.90 Å². The minimum absolute atomic E-state index is 0.311. The first-order chi connectivity index (χ1) is 9.11. The van der Waals surface area contributed by atoms with Gasteiger partial charge in [-0.15, -0.1) is 11.3 Å². The van der Waals surface area contributed by atoms with Crippen LogP contribution in [0.3, 0.4) is 0 Å². The number of ether oxygens (including phenoxy) is 1. The molecule has 0 bridgehead atoms. The van der Waals surface area contributed by atoms with Gasteiger partial charge in [0.15, 0.2) is 0 Å². The molecule has 0 radical (unpaired) electrons. The predicted molar refractivity (Wildman–Crippen MR) is 81.9 cm³/mol. The first-order valence-corrected chi connectivity index (χ1v) is 7.40. The number of para-hydroxylation sites is 1. The van der Waals surface area contributed by atoms with Crippen LogP contribution in [0, 0.1) is 0 Å². The van der Waals surface area contributed by atoms with Crippen molar-refractivity contribution in [2.24, 2.45) is 0 Å². The smallest absolute Gasteiger partial charge is 0.339 e. The van der Waals surface area contributed by atoms with Crippen molar-refractivity contribution in [1.82, 2.24) is 0 Å². The number of thiophene rings is 1. The molecule has 0 aliphatic carbocycles. The van der Waals surface area contributed by atoms with Crippen LogP contribution in [0.15, 0.2) is 39.5 Å². The number of hydrogen-bond acceptors (Lipinski definition) is 4. The average molecular weight is 340 g/mol. The molecule has 0 aliphatic heterocycles. The quantitative estimate of drug-likeness (QED) is 0.790.